The molecule has 0 aliphatic heterocycles. The smallest absolute Gasteiger partial charge is 0.266 e. The predicted molar refractivity (Wildman–Crippen MR) is 71.9 cm³/mol. The van der Waals surface area contributed by atoms with E-state index < -0.39 is 29.8 Å². The monoisotopic (exact) mass is 313 g/mol. The molecule has 0 spiro atoms. The minimum Gasteiger partial charge on any atom is -0.394 e. The van der Waals surface area contributed by atoms with Crippen LogP contribution in [0.2, 0.25) is 0 Å². The topological polar surface area (TPSA) is 67.2 Å². The average molecular weight is 313 g/mol. The normalized spacial score (nSPS) is 12.5. The van der Waals surface area contributed by atoms with Crippen LogP contribution in [0.3, 0.4) is 0 Å². The van der Waals surface area contributed by atoms with Crippen molar-refractivity contribution in [3.63, 3.8) is 0 Å². The van der Waals surface area contributed by atoms with Crippen molar-refractivity contribution in [2.75, 3.05) is 6.61 Å². The van der Waals surface area contributed by atoms with Crippen molar-refractivity contribution in [1.29, 1.82) is 0 Å². The number of rotatable bonds is 5. The van der Waals surface area contributed by atoms with E-state index in [1.807, 2.05) is 0 Å². The summed E-state index contributed by atoms with van der Waals surface area (Å²) in [7, 11) is 1.68. The van der Waals surface area contributed by atoms with Crippen LogP contribution in [0.15, 0.2) is 30.6 Å². The number of nitrogens with zero attached hydrogens (tertiary/aromatic N) is 2. The standard InChI is InChI=1S/C14H14F3N3O2/c1-20-6-9(5-18-20)12(7-21)19-14(22)8-2-3-10(13(16)17)11(15)4-8/h2-6,12-13,21H,7H2,1H3,(H,19,22). The van der Waals surface area contributed by atoms with Gasteiger partial charge in [0.25, 0.3) is 12.3 Å². The Balaban J connectivity index is 2.16. The summed E-state index contributed by atoms with van der Waals surface area (Å²) in [6.07, 6.45) is 0.140. The number of hydrogen-bond acceptors (Lipinski definition) is 3. The molecule has 2 N–H and O–H groups in total. The molecule has 1 atom stereocenters. The fourth-order valence-corrected chi connectivity index (χ4v) is 1.94. The lowest BCUT2D eigenvalue weighted by molar-refractivity contribution is 0.0915. The molecule has 1 aromatic heterocycles. The van der Waals surface area contributed by atoms with E-state index in [-0.39, 0.29) is 12.2 Å². The number of hydrogen-bond donors (Lipinski definition) is 2. The molecule has 0 fully saturated rings. The molecule has 2 aromatic rings. The van der Waals surface area contributed by atoms with Crippen LogP contribution < -0.4 is 5.32 Å². The predicted octanol–water partition coefficient (Wildman–Crippen LogP) is 1.96. The maximum absolute atomic E-state index is 13.5. The van der Waals surface area contributed by atoms with Crippen molar-refractivity contribution in [2.24, 2.45) is 7.05 Å². The summed E-state index contributed by atoms with van der Waals surface area (Å²) < 4.78 is 39.9. The number of carbonyl (C=O) groups excluding carboxylic acids is 1. The van der Waals surface area contributed by atoms with Crippen LogP contribution in [0.5, 0.6) is 0 Å². The lowest BCUT2D eigenvalue weighted by Crippen LogP contribution is -2.30. The van der Waals surface area contributed by atoms with E-state index in [4.69, 9.17) is 0 Å². The quantitative estimate of drug-likeness (QED) is 0.887. The molecule has 1 heterocycles. The van der Waals surface area contributed by atoms with E-state index >= 15 is 0 Å². The Morgan fingerprint density at radius 2 is 2.18 bits per heavy atom. The summed E-state index contributed by atoms with van der Waals surface area (Å²) >= 11 is 0. The fourth-order valence-electron chi connectivity index (χ4n) is 1.94. The van der Waals surface area contributed by atoms with Crippen molar-refractivity contribution in [1.82, 2.24) is 15.1 Å². The second-order valence-electron chi connectivity index (χ2n) is 4.69. The van der Waals surface area contributed by atoms with Crippen molar-refractivity contribution in [3.8, 4) is 0 Å². The van der Waals surface area contributed by atoms with Gasteiger partial charge in [0.15, 0.2) is 0 Å². The molecule has 0 aliphatic carbocycles. The van der Waals surface area contributed by atoms with E-state index in [1.165, 1.54) is 10.9 Å². The third kappa shape index (κ3) is 3.45. The largest absolute Gasteiger partial charge is 0.394 e. The van der Waals surface area contributed by atoms with E-state index in [0.29, 0.717) is 5.56 Å². The van der Waals surface area contributed by atoms with Crippen LogP contribution in [0.25, 0.3) is 0 Å². The number of carbonyl (C=O) groups is 1. The number of amides is 1. The Bertz CT molecular complexity index is 673. The Morgan fingerprint density at radius 3 is 2.68 bits per heavy atom. The highest BCUT2D eigenvalue weighted by Gasteiger charge is 2.19. The van der Waals surface area contributed by atoms with Gasteiger partial charge in [-0.2, -0.15) is 5.10 Å². The van der Waals surface area contributed by atoms with Crippen LogP contribution in [0, 0.1) is 5.82 Å². The van der Waals surface area contributed by atoms with Crippen LogP contribution in [-0.2, 0) is 7.05 Å². The number of nitrogens with one attached hydrogen (secondary N) is 1. The highest BCUT2D eigenvalue weighted by atomic mass is 19.3. The van der Waals surface area contributed by atoms with Crippen molar-refractivity contribution < 1.29 is 23.1 Å². The molecule has 0 aliphatic rings. The molecule has 5 nitrogen and oxygen atoms in total. The van der Waals surface area contributed by atoms with Crippen LogP contribution in [0.4, 0.5) is 13.2 Å². The molecule has 1 amide bonds. The number of aliphatic hydroxyl groups is 1. The molecular formula is C14H14F3N3O2. The van der Waals surface area contributed by atoms with Crippen LogP contribution in [-0.4, -0.2) is 27.4 Å². The first kappa shape index (κ1) is 16.0. The lowest BCUT2D eigenvalue weighted by Gasteiger charge is -2.15. The van der Waals surface area contributed by atoms with Crippen molar-refractivity contribution >= 4 is 5.91 Å². The van der Waals surface area contributed by atoms with E-state index in [9.17, 15) is 23.1 Å². The zero-order valence-corrected chi connectivity index (χ0v) is 11.6. The van der Waals surface area contributed by atoms with Crippen LogP contribution in [0.1, 0.15) is 34.0 Å². The summed E-state index contributed by atoms with van der Waals surface area (Å²) in [4.78, 5) is 12.0. The summed E-state index contributed by atoms with van der Waals surface area (Å²) in [5.41, 5.74) is -0.296. The number of aromatic nitrogens is 2. The third-order valence-corrected chi connectivity index (χ3v) is 3.11. The SMILES string of the molecule is Cn1cc(C(CO)NC(=O)c2ccc(C(F)F)c(F)c2)cn1. The first-order chi connectivity index (χ1) is 10.4. The maximum Gasteiger partial charge on any atom is 0.266 e. The average Bonchev–Trinajstić information content (AvgIpc) is 2.90. The molecule has 1 aromatic carbocycles. The molecule has 0 bridgehead atoms. The maximum atomic E-state index is 13.5. The molecule has 0 saturated heterocycles. The molecule has 0 saturated carbocycles. The van der Waals surface area contributed by atoms with E-state index in [1.54, 1.807) is 13.2 Å². The molecule has 22 heavy (non-hydrogen) atoms. The second-order valence-corrected chi connectivity index (χ2v) is 4.69. The molecule has 2 rings (SSSR count). The van der Waals surface area contributed by atoms with Gasteiger partial charge in [0, 0.05) is 24.4 Å². The lowest BCUT2D eigenvalue weighted by atomic mass is 10.1. The second kappa shape index (κ2) is 6.61. The van der Waals surface area contributed by atoms with Gasteiger partial charge < -0.3 is 10.4 Å². The summed E-state index contributed by atoms with van der Waals surface area (Å²) in [6.45, 7) is -0.380. The highest BCUT2D eigenvalue weighted by molar-refractivity contribution is 5.94. The number of aryl methyl sites for hydroxylation is 1. The Labute approximate surface area is 124 Å². The zero-order valence-electron chi connectivity index (χ0n) is 11.6. The minimum absolute atomic E-state index is 0.107. The molecule has 118 valence electrons. The van der Waals surface area contributed by atoms with Gasteiger partial charge in [-0.3, -0.25) is 9.48 Å². The number of benzene rings is 1. The van der Waals surface area contributed by atoms with Crippen molar-refractivity contribution in [2.45, 2.75) is 12.5 Å². The Hall–Kier alpha value is -2.35. The first-order valence-electron chi connectivity index (χ1n) is 6.40. The fraction of sp³-hybridized carbons (Fsp3) is 0.286. The highest BCUT2D eigenvalue weighted by Crippen LogP contribution is 2.23. The van der Waals surface area contributed by atoms with Gasteiger partial charge in [-0.1, -0.05) is 0 Å². The zero-order chi connectivity index (χ0) is 16.3. The summed E-state index contributed by atoms with van der Waals surface area (Å²) in [5, 5.41) is 15.7. The minimum atomic E-state index is -2.95. The molecular weight excluding hydrogens is 299 g/mol. The van der Waals surface area contributed by atoms with Gasteiger partial charge in [-0.15, -0.1) is 0 Å². The number of aliphatic hydroxyl groups excluding tert-OH is 1. The number of halogens is 3. The Kier molecular flexibility index (Phi) is 4.81. The third-order valence-electron chi connectivity index (χ3n) is 3.11. The van der Waals surface area contributed by atoms with Gasteiger partial charge in [-0.05, 0) is 18.2 Å². The summed E-state index contributed by atoms with van der Waals surface area (Å²) in [6, 6.07) is 2.00. The van der Waals surface area contributed by atoms with E-state index in [0.717, 1.165) is 18.2 Å². The van der Waals surface area contributed by atoms with Gasteiger partial charge >= 0.3 is 0 Å². The van der Waals surface area contributed by atoms with Crippen molar-refractivity contribution in [3.05, 3.63) is 53.1 Å². The van der Waals surface area contributed by atoms with Gasteiger partial charge in [0.2, 0.25) is 0 Å². The Morgan fingerprint density at radius 1 is 1.45 bits per heavy atom. The molecule has 1 unspecified atom stereocenters. The van der Waals surface area contributed by atoms with Gasteiger partial charge in [-0.25, -0.2) is 13.2 Å². The van der Waals surface area contributed by atoms with Gasteiger partial charge in [0.1, 0.15) is 5.82 Å². The number of alkyl halides is 2. The molecule has 0 radical (unpaired) electrons. The first-order valence-corrected chi connectivity index (χ1v) is 6.40. The van der Waals surface area contributed by atoms with Crippen LogP contribution >= 0.6 is 0 Å². The molecule has 8 heteroatoms. The van der Waals surface area contributed by atoms with Gasteiger partial charge in [0.05, 0.1) is 24.4 Å². The van der Waals surface area contributed by atoms with E-state index in [2.05, 4.69) is 10.4 Å². The summed E-state index contributed by atoms with van der Waals surface area (Å²) in [5.74, 6) is -1.83.